The molecule has 3 N–H and O–H groups in total. The molecule has 1 aliphatic heterocycles. The molecule has 0 unspecified atom stereocenters. The van der Waals surface area contributed by atoms with Crippen molar-refractivity contribution in [3.8, 4) is 0 Å². The first-order valence-corrected chi connectivity index (χ1v) is 8.53. The molecule has 3 amide bonds. The fourth-order valence-electron chi connectivity index (χ4n) is 2.38. The van der Waals surface area contributed by atoms with E-state index in [-0.39, 0.29) is 18.2 Å². The van der Waals surface area contributed by atoms with E-state index in [1.165, 1.54) is 0 Å². The SMILES string of the molecule is CSc1cccc(N2C[C@H](C(=O)NC(C)(C)C(N)=O)CC2=O)c1. The molecule has 2 rings (SSSR count). The summed E-state index contributed by atoms with van der Waals surface area (Å²) >= 11 is 1.59. The summed E-state index contributed by atoms with van der Waals surface area (Å²) < 4.78 is 0. The van der Waals surface area contributed by atoms with Crippen molar-refractivity contribution in [1.29, 1.82) is 0 Å². The first-order valence-electron chi connectivity index (χ1n) is 7.31. The zero-order valence-corrected chi connectivity index (χ0v) is 14.3. The number of nitrogens with one attached hydrogen (secondary N) is 1. The van der Waals surface area contributed by atoms with Crippen molar-refractivity contribution in [2.24, 2.45) is 11.7 Å². The number of nitrogens with two attached hydrogens (primary N) is 1. The van der Waals surface area contributed by atoms with E-state index in [9.17, 15) is 14.4 Å². The van der Waals surface area contributed by atoms with Gasteiger partial charge in [-0.2, -0.15) is 0 Å². The number of amides is 3. The lowest BCUT2D eigenvalue weighted by molar-refractivity contribution is -0.132. The molecule has 23 heavy (non-hydrogen) atoms. The van der Waals surface area contributed by atoms with Gasteiger partial charge >= 0.3 is 0 Å². The van der Waals surface area contributed by atoms with E-state index in [0.29, 0.717) is 6.54 Å². The maximum Gasteiger partial charge on any atom is 0.242 e. The minimum absolute atomic E-state index is 0.0970. The Morgan fingerprint density at radius 2 is 2.09 bits per heavy atom. The maximum atomic E-state index is 12.3. The summed E-state index contributed by atoms with van der Waals surface area (Å²) in [6, 6.07) is 7.63. The van der Waals surface area contributed by atoms with Crippen LogP contribution in [0.25, 0.3) is 0 Å². The topological polar surface area (TPSA) is 92.5 Å². The second-order valence-corrected chi connectivity index (χ2v) is 6.97. The van der Waals surface area contributed by atoms with Crippen LogP contribution < -0.4 is 16.0 Å². The highest BCUT2D eigenvalue weighted by atomic mass is 32.2. The summed E-state index contributed by atoms with van der Waals surface area (Å²) in [6.45, 7) is 3.39. The van der Waals surface area contributed by atoms with Gasteiger partial charge in [-0.25, -0.2) is 0 Å². The Kier molecular flexibility index (Phi) is 4.99. The largest absolute Gasteiger partial charge is 0.368 e. The van der Waals surface area contributed by atoms with Gasteiger partial charge in [0.25, 0.3) is 0 Å². The van der Waals surface area contributed by atoms with Crippen LogP contribution >= 0.6 is 11.8 Å². The Morgan fingerprint density at radius 3 is 2.70 bits per heavy atom. The van der Waals surface area contributed by atoms with Crippen molar-refractivity contribution in [2.75, 3.05) is 17.7 Å². The molecule has 1 fully saturated rings. The summed E-state index contributed by atoms with van der Waals surface area (Å²) in [5.74, 6) is -1.52. The lowest BCUT2D eigenvalue weighted by Gasteiger charge is -2.24. The summed E-state index contributed by atoms with van der Waals surface area (Å²) in [6.07, 6.45) is 2.09. The average Bonchev–Trinajstić information content (AvgIpc) is 2.89. The predicted molar refractivity (Wildman–Crippen MR) is 90.1 cm³/mol. The highest BCUT2D eigenvalue weighted by molar-refractivity contribution is 7.98. The number of carbonyl (C=O) groups excluding carboxylic acids is 3. The van der Waals surface area contributed by atoms with E-state index in [4.69, 9.17) is 5.73 Å². The molecule has 0 aromatic heterocycles. The van der Waals surface area contributed by atoms with Crippen LogP contribution in [0.4, 0.5) is 5.69 Å². The third-order valence-electron chi connectivity index (χ3n) is 3.91. The number of rotatable bonds is 5. The van der Waals surface area contributed by atoms with E-state index in [0.717, 1.165) is 10.6 Å². The number of thioether (sulfide) groups is 1. The Labute approximate surface area is 139 Å². The molecular weight excluding hydrogens is 314 g/mol. The van der Waals surface area contributed by atoms with Gasteiger partial charge in [0.1, 0.15) is 5.54 Å². The third kappa shape index (κ3) is 3.85. The third-order valence-corrected chi connectivity index (χ3v) is 4.64. The van der Waals surface area contributed by atoms with Gasteiger partial charge in [-0.05, 0) is 38.3 Å². The smallest absolute Gasteiger partial charge is 0.242 e. The normalized spacial score (nSPS) is 18.1. The zero-order chi connectivity index (χ0) is 17.2. The molecule has 1 saturated heterocycles. The summed E-state index contributed by atoms with van der Waals surface area (Å²) in [5, 5.41) is 2.62. The fourth-order valence-corrected chi connectivity index (χ4v) is 2.84. The van der Waals surface area contributed by atoms with Crippen LogP contribution in [-0.4, -0.2) is 36.1 Å². The number of nitrogens with zero attached hydrogens (tertiary/aromatic N) is 1. The second-order valence-electron chi connectivity index (χ2n) is 6.09. The van der Waals surface area contributed by atoms with Gasteiger partial charge < -0.3 is 16.0 Å². The number of hydrogen-bond acceptors (Lipinski definition) is 4. The quantitative estimate of drug-likeness (QED) is 0.789. The van der Waals surface area contributed by atoms with Crippen LogP contribution in [0.3, 0.4) is 0 Å². The molecule has 0 aliphatic carbocycles. The maximum absolute atomic E-state index is 12.3. The van der Waals surface area contributed by atoms with Crippen LogP contribution in [0.1, 0.15) is 20.3 Å². The van der Waals surface area contributed by atoms with Crippen LogP contribution in [-0.2, 0) is 14.4 Å². The van der Waals surface area contributed by atoms with Gasteiger partial charge in [0.05, 0.1) is 5.92 Å². The highest BCUT2D eigenvalue weighted by Gasteiger charge is 2.38. The lowest BCUT2D eigenvalue weighted by Crippen LogP contribution is -2.54. The molecule has 1 atom stereocenters. The van der Waals surface area contributed by atoms with Crippen LogP contribution in [0.15, 0.2) is 29.2 Å². The van der Waals surface area contributed by atoms with Crippen LogP contribution in [0, 0.1) is 5.92 Å². The molecule has 124 valence electrons. The van der Waals surface area contributed by atoms with Crippen molar-refractivity contribution in [3.05, 3.63) is 24.3 Å². The average molecular weight is 335 g/mol. The molecule has 1 heterocycles. The molecule has 1 aromatic rings. The Morgan fingerprint density at radius 1 is 1.39 bits per heavy atom. The first kappa shape index (κ1) is 17.3. The summed E-state index contributed by atoms with van der Waals surface area (Å²) in [4.78, 5) is 38.5. The van der Waals surface area contributed by atoms with Gasteiger partial charge in [0.2, 0.25) is 17.7 Å². The Balaban J connectivity index is 2.10. The van der Waals surface area contributed by atoms with E-state index in [2.05, 4.69) is 5.32 Å². The molecule has 0 bridgehead atoms. The molecule has 0 radical (unpaired) electrons. The van der Waals surface area contributed by atoms with Crippen molar-refractivity contribution >= 4 is 35.2 Å². The van der Waals surface area contributed by atoms with Crippen molar-refractivity contribution in [1.82, 2.24) is 5.32 Å². The Hall–Kier alpha value is -2.02. The molecule has 1 aliphatic rings. The molecule has 0 saturated carbocycles. The number of primary amides is 1. The second kappa shape index (κ2) is 6.62. The van der Waals surface area contributed by atoms with Crippen molar-refractivity contribution < 1.29 is 14.4 Å². The number of benzene rings is 1. The predicted octanol–water partition coefficient (Wildman–Crippen LogP) is 1.14. The molecular formula is C16H21N3O3S. The molecule has 1 aromatic carbocycles. The van der Waals surface area contributed by atoms with Gasteiger partial charge in [-0.1, -0.05) is 6.07 Å². The molecule has 6 nitrogen and oxygen atoms in total. The van der Waals surface area contributed by atoms with Crippen molar-refractivity contribution in [2.45, 2.75) is 30.7 Å². The highest BCUT2D eigenvalue weighted by Crippen LogP contribution is 2.28. The number of carbonyl (C=O) groups is 3. The minimum Gasteiger partial charge on any atom is -0.368 e. The molecule has 0 spiro atoms. The van der Waals surface area contributed by atoms with Gasteiger partial charge in [-0.3, -0.25) is 14.4 Å². The zero-order valence-electron chi connectivity index (χ0n) is 13.5. The van der Waals surface area contributed by atoms with Gasteiger partial charge in [-0.15, -0.1) is 11.8 Å². The van der Waals surface area contributed by atoms with E-state index in [1.54, 1.807) is 30.5 Å². The van der Waals surface area contributed by atoms with E-state index >= 15 is 0 Å². The van der Waals surface area contributed by atoms with E-state index < -0.39 is 17.4 Å². The standard InChI is InChI=1S/C16H21N3O3S/c1-16(2,15(17)22)18-14(21)10-7-13(20)19(9-10)11-5-4-6-12(8-11)23-3/h4-6,8,10H,7,9H2,1-3H3,(H2,17,22)(H,18,21)/t10-/m1/s1. The minimum atomic E-state index is -1.13. The Bertz CT molecular complexity index is 645. The first-order chi connectivity index (χ1) is 10.7. The van der Waals surface area contributed by atoms with Gasteiger partial charge in [0.15, 0.2) is 0 Å². The molecule has 7 heteroatoms. The van der Waals surface area contributed by atoms with Gasteiger partial charge in [0, 0.05) is 23.5 Å². The van der Waals surface area contributed by atoms with Crippen LogP contribution in [0.2, 0.25) is 0 Å². The number of hydrogen-bond donors (Lipinski definition) is 2. The summed E-state index contributed by atoms with van der Waals surface area (Å²) in [7, 11) is 0. The monoisotopic (exact) mass is 335 g/mol. The van der Waals surface area contributed by atoms with Crippen molar-refractivity contribution in [3.63, 3.8) is 0 Å². The summed E-state index contributed by atoms with van der Waals surface area (Å²) in [5.41, 5.74) is 4.91. The fraction of sp³-hybridized carbons (Fsp3) is 0.438. The van der Waals surface area contributed by atoms with E-state index in [1.807, 2.05) is 30.5 Å². The number of anilines is 1. The van der Waals surface area contributed by atoms with Crippen LogP contribution in [0.5, 0.6) is 0 Å². The lowest BCUT2D eigenvalue weighted by atomic mass is 10.0.